The lowest BCUT2D eigenvalue weighted by molar-refractivity contribution is -0.384. The van der Waals surface area contributed by atoms with Crippen LogP contribution in [0.15, 0.2) is 65.4 Å². The van der Waals surface area contributed by atoms with E-state index >= 15 is 0 Å². The smallest absolute Gasteiger partial charge is 0.258 e. The maximum absolute atomic E-state index is 11.9. The lowest BCUT2D eigenvalue weighted by Gasteiger charge is -1.94. The van der Waals surface area contributed by atoms with E-state index in [9.17, 15) is 18.5 Å². The third-order valence-corrected chi connectivity index (χ3v) is 3.83. The maximum atomic E-state index is 11.9. The van der Waals surface area contributed by atoms with Gasteiger partial charge < -0.3 is 0 Å². The second-order valence-corrected chi connectivity index (χ2v) is 6.18. The number of hydrogen-bond acceptors (Lipinski definition) is 4. The number of hydrogen-bond donors (Lipinski definition) is 0. The first kappa shape index (κ1) is 15.7. The van der Waals surface area contributed by atoms with Gasteiger partial charge in [-0.3, -0.25) is 10.1 Å². The van der Waals surface area contributed by atoms with Crippen molar-refractivity contribution in [3.05, 3.63) is 86.7 Å². The second-order valence-electron chi connectivity index (χ2n) is 4.45. The first-order chi connectivity index (χ1) is 10.5. The average molecular weight is 315 g/mol. The summed E-state index contributed by atoms with van der Waals surface area (Å²) < 4.78 is 23.7. The number of non-ortho nitro benzene ring substituents is 1. The molecule has 0 aliphatic rings. The van der Waals surface area contributed by atoms with Gasteiger partial charge in [0.2, 0.25) is 0 Å². The standard InChI is InChI=1S/C16H13NO4S/c18-17(19)16-8-6-15(7-9-16)11-13-22(20,21)12-10-14-4-2-1-3-5-14/h1-13H/b12-10+,13-11+. The molecule has 0 heterocycles. The van der Waals surface area contributed by atoms with Gasteiger partial charge in [-0.15, -0.1) is 0 Å². The number of benzene rings is 2. The summed E-state index contributed by atoms with van der Waals surface area (Å²) in [4.78, 5) is 10.0. The minimum absolute atomic E-state index is 0.0380. The molecule has 6 heteroatoms. The molecule has 5 nitrogen and oxygen atoms in total. The molecule has 2 rings (SSSR count). The predicted molar refractivity (Wildman–Crippen MR) is 86.5 cm³/mol. The molecule has 0 amide bonds. The molecule has 0 fully saturated rings. The molecular formula is C16H13NO4S. The van der Waals surface area contributed by atoms with Crippen molar-refractivity contribution in [2.75, 3.05) is 0 Å². The fourth-order valence-electron chi connectivity index (χ4n) is 1.66. The molecule has 0 spiro atoms. The summed E-state index contributed by atoms with van der Waals surface area (Å²) in [6, 6.07) is 14.7. The molecule has 0 aliphatic heterocycles. The number of sulfone groups is 1. The fraction of sp³-hybridized carbons (Fsp3) is 0. The van der Waals surface area contributed by atoms with Crippen molar-refractivity contribution in [1.82, 2.24) is 0 Å². The van der Waals surface area contributed by atoms with E-state index in [2.05, 4.69) is 0 Å². The van der Waals surface area contributed by atoms with E-state index in [-0.39, 0.29) is 5.69 Å². The summed E-state index contributed by atoms with van der Waals surface area (Å²) in [5, 5.41) is 12.7. The van der Waals surface area contributed by atoms with Crippen molar-refractivity contribution in [3.8, 4) is 0 Å². The SMILES string of the molecule is O=[N+]([O-])c1ccc(/C=C/S(=O)(=O)/C=C/c2ccccc2)cc1. The van der Waals surface area contributed by atoms with Crippen LogP contribution in [0.5, 0.6) is 0 Å². The summed E-state index contributed by atoms with van der Waals surface area (Å²) in [5.41, 5.74) is 1.32. The Morgan fingerprint density at radius 3 is 1.82 bits per heavy atom. The Hall–Kier alpha value is -2.73. The molecule has 0 atom stereocenters. The van der Waals surface area contributed by atoms with Gasteiger partial charge in [-0.05, 0) is 35.4 Å². The number of nitro benzene ring substituents is 1. The van der Waals surface area contributed by atoms with Crippen LogP contribution in [0.25, 0.3) is 12.2 Å². The Kier molecular flexibility index (Phi) is 4.85. The molecule has 22 heavy (non-hydrogen) atoms. The molecule has 0 saturated carbocycles. The zero-order chi connectivity index (χ0) is 16.0. The van der Waals surface area contributed by atoms with Gasteiger partial charge in [0.1, 0.15) is 0 Å². The van der Waals surface area contributed by atoms with E-state index in [1.807, 2.05) is 18.2 Å². The van der Waals surface area contributed by atoms with Crippen LogP contribution in [0.2, 0.25) is 0 Å². The molecule has 0 N–H and O–H groups in total. The Morgan fingerprint density at radius 1 is 0.818 bits per heavy atom. The van der Waals surface area contributed by atoms with Crippen molar-refractivity contribution >= 4 is 27.7 Å². The Morgan fingerprint density at radius 2 is 1.32 bits per heavy atom. The van der Waals surface area contributed by atoms with E-state index < -0.39 is 14.8 Å². The third kappa shape index (κ3) is 4.68. The highest BCUT2D eigenvalue weighted by atomic mass is 32.2. The van der Waals surface area contributed by atoms with E-state index in [0.29, 0.717) is 5.56 Å². The van der Waals surface area contributed by atoms with Gasteiger partial charge in [0, 0.05) is 22.9 Å². The molecule has 112 valence electrons. The van der Waals surface area contributed by atoms with Gasteiger partial charge in [-0.1, -0.05) is 30.3 Å². The van der Waals surface area contributed by atoms with Crippen molar-refractivity contribution in [2.24, 2.45) is 0 Å². The van der Waals surface area contributed by atoms with Crippen molar-refractivity contribution in [1.29, 1.82) is 0 Å². The first-order valence-corrected chi connectivity index (χ1v) is 7.98. The van der Waals surface area contributed by atoms with Gasteiger partial charge in [0.05, 0.1) is 4.92 Å². The molecule has 0 bridgehead atoms. The van der Waals surface area contributed by atoms with Gasteiger partial charge in [-0.25, -0.2) is 8.42 Å². The predicted octanol–water partition coefficient (Wildman–Crippen LogP) is 3.65. The van der Waals surface area contributed by atoms with Crippen LogP contribution in [0.4, 0.5) is 5.69 Å². The summed E-state index contributed by atoms with van der Waals surface area (Å²) in [6.45, 7) is 0. The molecule has 0 radical (unpaired) electrons. The molecule has 0 saturated heterocycles. The van der Waals surface area contributed by atoms with Gasteiger partial charge >= 0.3 is 0 Å². The summed E-state index contributed by atoms with van der Waals surface area (Å²) in [6.07, 6.45) is 2.91. The number of nitro groups is 1. The highest BCUT2D eigenvalue weighted by Crippen LogP contribution is 2.14. The normalized spacial score (nSPS) is 12.0. The van der Waals surface area contributed by atoms with E-state index in [1.54, 1.807) is 12.1 Å². The van der Waals surface area contributed by atoms with Crippen LogP contribution in [-0.4, -0.2) is 13.3 Å². The lowest BCUT2D eigenvalue weighted by Crippen LogP contribution is -1.89. The van der Waals surface area contributed by atoms with Crippen LogP contribution in [0.1, 0.15) is 11.1 Å². The van der Waals surface area contributed by atoms with Gasteiger partial charge in [0.25, 0.3) is 5.69 Å². The van der Waals surface area contributed by atoms with Crippen LogP contribution >= 0.6 is 0 Å². The lowest BCUT2D eigenvalue weighted by atomic mass is 10.2. The van der Waals surface area contributed by atoms with Crippen LogP contribution < -0.4 is 0 Å². The summed E-state index contributed by atoms with van der Waals surface area (Å²) >= 11 is 0. The van der Waals surface area contributed by atoms with Crippen molar-refractivity contribution in [3.63, 3.8) is 0 Å². The Bertz CT molecular complexity index is 807. The molecule has 0 aliphatic carbocycles. The Balaban J connectivity index is 2.11. The topological polar surface area (TPSA) is 77.3 Å². The highest BCUT2D eigenvalue weighted by molar-refractivity contribution is 7.97. The zero-order valence-corrected chi connectivity index (χ0v) is 12.3. The zero-order valence-electron chi connectivity index (χ0n) is 11.5. The largest absolute Gasteiger partial charge is 0.269 e. The third-order valence-electron chi connectivity index (χ3n) is 2.80. The minimum Gasteiger partial charge on any atom is -0.258 e. The van der Waals surface area contributed by atoms with Gasteiger partial charge in [-0.2, -0.15) is 0 Å². The monoisotopic (exact) mass is 315 g/mol. The molecular weight excluding hydrogens is 302 g/mol. The van der Waals surface area contributed by atoms with E-state index in [0.717, 1.165) is 16.4 Å². The van der Waals surface area contributed by atoms with Crippen molar-refractivity contribution < 1.29 is 13.3 Å². The maximum Gasteiger partial charge on any atom is 0.269 e. The second kappa shape index (κ2) is 6.82. The molecule has 0 aromatic heterocycles. The van der Waals surface area contributed by atoms with Crippen LogP contribution in [-0.2, 0) is 9.84 Å². The number of rotatable bonds is 5. The van der Waals surface area contributed by atoms with Gasteiger partial charge in [0.15, 0.2) is 9.84 Å². The first-order valence-electron chi connectivity index (χ1n) is 6.37. The Labute approximate surface area is 128 Å². The average Bonchev–Trinajstić information content (AvgIpc) is 2.53. The summed E-state index contributed by atoms with van der Waals surface area (Å²) in [7, 11) is -3.50. The quantitative estimate of drug-likeness (QED) is 0.623. The van der Waals surface area contributed by atoms with Crippen LogP contribution in [0.3, 0.4) is 0 Å². The molecule has 0 unspecified atom stereocenters. The number of nitrogens with zero attached hydrogens (tertiary/aromatic N) is 1. The van der Waals surface area contributed by atoms with Crippen LogP contribution in [0, 0.1) is 10.1 Å². The minimum atomic E-state index is -3.50. The van der Waals surface area contributed by atoms with E-state index in [1.165, 1.54) is 36.4 Å². The molecule has 2 aromatic rings. The summed E-state index contributed by atoms with van der Waals surface area (Å²) in [5.74, 6) is 0. The molecule has 2 aromatic carbocycles. The fourth-order valence-corrected chi connectivity index (χ4v) is 2.45. The highest BCUT2D eigenvalue weighted by Gasteiger charge is 2.03. The van der Waals surface area contributed by atoms with Crippen molar-refractivity contribution in [2.45, 2.75) is 0 Å². The van der Waals surface area contributed by atoms with E-state index in [4.69, 9.17) is 0 Å².